The topological polar surface area (TPSA) is 103 Å². The van der Waals surface area contributed by atoms with E-state index in [1.165, 1.54) is 12.8 Å². The van der Waals surface area contributed by atoms with E-state index in [2.05, 4.69) is 39.5 Å². The number of rotatable bonds is 7. The molecule has 10 heteroatoms. The molecule has 1 aromatic heterocycles. The van der Waals surface area contributed by atoms with E-state index < -0.39 is 0 Å². The van der Waals surface area contributed by atoms with Crippen LogP contribution >= 0.6 is 0 Å². The fourth-order valence-corrected chi connectivity index (χ4v) is 6.91. The lowest BCUT2D eigenvalue weighted by atomic mass is 9.90. The summed E-state index contributed by atoms with van der Waals surface area (Å²) >= 11 is 0. The minimum absolute atomic E-state index is 0.0849. The average Bonchev–Trinajstić information content (AvgIpc) is 3.58. The summed E-state index contributed by atoms with van der Waals surface area (Å²) in [7, 11) is 7.68. The third kappa shape index (κ3) is 5.46. The summed E-state index contributed by atoms with van der Waals surface area (Å²) in [4.78, 5) is 42.4. The molecule has 3 saturated carbocycles. The van der Waals surface area contributed by atoms with Crippen molar-refractivity contribution in [3.63, 3.8) is 0 Å². The van der Waals surface area contributed by atoms with Crippen LogP contribution in [0.3, 0.4) is 0 Å². The Balaban J connectivity index is 1.20. The Bertz CT molecular complexity index is 1300. The van der Waals surface area contributed by atoms with Gasteiger partial charge in [-0.05, 0) is 83.7 Å². The summed E-state index contributed by atoms with van der Waals surface area (Å²) in [5.74, 6) is 1.88. The van der Waals surface area contributed by atoms with Crippen LogP contribution in [0.5, 0.6) is 5.75 Å². The maximum Gasteiger partial charge on any atom is 0.251 e. The first kappa shape index (κ1) is 27.8. The van der Waals surface area contributed by atoms with Gasteiger partial charge in [-0.2, -0.15) is 4.98 Å². The normalized spacial score (nSPS) is 23.9. The number of carbonyl (C=O) groups is 2. The lowest BCUT2D eigenvalue weighted by molar-refractivity contribution is -0.122. The monoisotopic (exact) mass is 561 g/mol. The second-order valence-electron chi connectivity index (χ2n) is 12.6. The molecule has 3 fully saturated rings. The molecule has 1 spiro atoms. The largest absolute Gasteiger partial charge is 0.495 e. The lowest BCUT2D eigenvalue weighted by Gasteiger charge is -2.33. The van der Waals surface area contributed by atoms with Crippen LogP contribution in [-0.4, -0.2) is 79.6 Å². The maximum absolute atomic E-state index is 13.3. The van der Waals surface area contributed by atoms with Crippen LogP contribution in [0.2, 0.25) is 0 Å². The zero-order valence-electron chi connectivity index (χ0n) is 24.8. The molecule has 3 aliphatic carbocycles. The quantitative estimate of drug-likeness (QED) is 0.515. The highest BCUT2D eigenvalue weighted by atomic mass is 16.5. The zero-order chi connectivity index (χ0) is 28.7. The Hall–Kier alpha value is -3.40. The molecule has 1 aromatic carbocycles. The van der Waals surface area contributed by atoms with Crippen molar-refractivity contribution in [2.75, 3.05) is 49.9 Å². The van der Waals surface area contributed by atoms with Gasteiger partial charge in [-0.25, -0.2) is 4.98 Å². The zero-order valence-corrected chi connectivity index (χ0v) is 24.8. The number of aromatic nitrogens is 2. The second-order valence-corrected chi connectivity index (χ2v) is 12.6. The SMILES string of the molecule is COc1cc(C(=O)NC2CCC(N(C)C)CC2)ccc1Nc1ncc2c(n1)N(C1CCCC1)CC1(CC1)C(=O)N2C. The van der Waals surface area contributed by atoms with E-state index in [0.29, 0.717) is 41.6 Å². The van der Waals surface area contributed by atoms with Gasteiger partial charge >= 0.3 is 0 Å². The summed E-state index contributed by atoms with van der Waals surface area (Å²) in [5.41, 5.74) is 1.71. The molecular weight excluding hydrogens is 518 g/mol. The number of methoxy groups -OCH3 is 1. The fraction of sp³-hybridized carbons (Fsp3) is 0.613. The van der Waals surface area contributed by atoms with Crippen LogP contribution in [0.1, 0.15) is 74.6 Å². The number of hydrogen-bond donors (Lipinski definition) is 2. The van der Waals surface area contributed by atoms with Crippen molar-refractivity contribution < 1.29 is 14.3 Å². The summed E-state index contributed by atoms with van der Waals surface area (Å²) in [6.07, 6.45) is 12.4. The fourth-order valence-electron chi connectivity index (χ4n) is 6.91. The molecule has 0 radical (unpaired) electrons. The molecule has 0 saturated heterocycles. The number of fused-ring (bicyclic) bond motifs is 1. The Kier molecular flexibility index (Phi) is 7.52. The van der Waals surface area contributed by atoms with Gasteiger partial charge in [-0.1, -0.05) is 12.8 Å². The van der Waals surface area contributed by atoms with Crippen molar-refractivity contribution in [1.82, 2.24) is 20.2 Å². The van der Waals surface area contributed by atoms with Crippen LogP contribution in [0.25, 0.3) is 0 Å². The number of anilines is 4. The molecule has 0 bridgehead atoms. The Morgan fingerprint density at radius 1 is 1.10 bits per heavy atom. The minimum atomic E-state index is -0.295. The molecule has 2 heterocycles. The first-order chi connectivity index (χ1) is 19.8. The smallest absolute Gasteiger partial charge is 0.251 e. The van der Waals surface area contributed by atoms with Gasteiger partial charge in [-0.3, -0.25) is 9.59 Å². The van der Waals surface area contributed by atoms with E-state index in [-0.39, 0.29) is 23.3 Å². The molecule has 41 heavy (non-hydrogen) atoms. The maximum atomic E-state index is 13.3. The third-order valence-corrected chi connectivity index (χ3v) is 9.71. The molecule has 2 N–H and O–H groups in total. The van der Waals surface area contributed by atoms with Crippen molar-refractivity contribution in [1.29, 1.82) is 0 Å². The minimum Gasteiger partial charge on any atom is -0.495 e. The number of ether oxygens (including phenoxy) is 1. The van der Waals surface area contributed by atoms with Crippen molar-refractivity contribution >= 4 is 35.0 Å². The summed E-state index contributed by atoms with van der Waals surface area (Å²) < 4.78 is 5.67. The van der Waals surface area contributed by atoms with Crippen molar-refractivity contribution in [3.8, 4) is 5.75 Å². The first-order valence-electron chi connectivity index (χ1n) is 15.1. The Morgan fingerprint density at radius 2 is 1.83 bits per heavy atom. The van der Waals surface area contributed by atoms with Gasteiger partial charge in [0.25, 0.3) is 5.91 Å². The molecular formula is C31H43N7O3. The van der Waals surface area contributed by atoms with E-state index in [4.69, 9.17) is 9.72 Å². The standard InChI is InChI=1S/C31H43N7O3/c1-36(2)22-12-10-21(11-13-22)33-28(39)20-9-14-24(26(17-20)41-4)34-30-32-18-25-27(35-30)38(23-7-5-6-8-23)19-31(15-16-31)29(40)37(25)3/h9,14,17-18,21-23H,5-8,10-13,15-16,19H2,1-4H3,(H,33,39)(H,32,34,35). The van der Waals surface area contributed by atoms with E-state index in [0.717, 1.165) is 62.9 Å². The lowest BCUT2D eigenvalue weighted by Crippen LogP contribution is -2.41. The van der Waals surface area contributed by atoms with Gasteiger partial charge in [0, 0.05) is 37.3 Å². The molecule has 1 aliphatic heterocycles. The van der Waals surface area contributed by atoms with Gasteiger partial charge in [0.1, 0.15) is 11.4 Å². The second kappa shape index (κ2) is 11.1. The van der Waals surface area contributed by atoms with E-state index in [1.54, 1.807) is 24.3 Å². The van der Waals surface area contributed by atoms with Crippen LogP contribution in [0, 0.1) is 5.41 Å². The van der Waals surface area contributed by atoms with Gasteiger partial charge in [-0.15, -0.1) is 0 Å². The highest BCUT2D eigenvalue weighted by Gasteiger charge is 2.55. The van der Waals surface area contributed by atoms with Crippen molar-refractivity contribution in [3.05, 3.63) is 30.0 Å². The van der Waals surface area contributed by atoms with Gasteiger partial charge in [0.2, 0.25) is 11.9 Å². The Morgan fingerprint density at radius 3 is 2.49 bits per heavy atom. The predicted molar refractivity (Wildman–Crippen MR) is 160 cm³/mol. The van der Waals surface area contributed by atoms with Crippen LogP contribution < -0.4 is 25.2 Å². The molecule has 6 rings (SSSR count). The summed E-state index contributed by atoms with van der Waals surface area (Å²) in [6, 6.07) is 6.58. The van der Waals surface area contributed by atoms with E-state index in [9.17, 15) is 9.59 Å². The highest BCUT2D eigenvalue weighted by molar-refractivity contribution is 6.03. The number of hydrogen-bond acceptors (Lipinski definition) is 8. The van der Waals surface area contributed by atoms with Crippen molar-refractivity contribution in [2.24, 2.45) is 5.41 Å². The van der Waals surface area contributed by atoms with Gasteiger partial charge in [0.05, 0.1) is 24.4 Å². The number of benzene rings is 1. The Labute approximate surface area is 242 Å². The summed E-state index contributed by atoms with van der Waals surface area (Å²) in [5, 5.41) is 6.53. The summed E-state index contributed by atoms with van der Waals surface area (Å²) in [6.45, 7) is 0.716. The number of nitrogens with zero attached hydrogens (tertiary/aromatic N) is 5. The molecule has 0 atom stereocenters. The third-order valence-electron chi connectivity index (χ3n) is 9.71. The number of nitrogens with one attached hydrogen (secondary N) is 2. The highest BCUT2D eigenvalue weighted by Crippen LogP contribution is 2.52. The van der Waals surface area contributed by atoms with Gasteiger partial charge < -0.3 is 30.1 Å². The molecule has 2 aromatic rings. The predicted octanol–water partition coefficient (Wildman–Crippen LogP) is 4.34. The molecule has 220 valence electrons. The van der Waals surface area contributed by atoms with Crippen LogP contribution in [-0.2, 0) is 4.79 Å². The van der Waals surface area contributed by atoms with E-state index >= 15 is 0 Å². The van der Waals surface area contributed by atoms with Gasteiger partial charge in [0.15, 0.2) is 5.82 Å². The number of amides is 2. The molecule has 4 aliphatic rings. The molecule has 2 amide bonds. The number of carbonyl (C=O) groups excluding carboxylic acids is 2. The molecule has 10 nitrogen and oxygen atoms in total. The van der Waals surface area contributed by atoms with Crippen LogP contribution in [0.15, 0.2) is 24.4 Å². The van der Waals surface area contributed by atoms with Crippen LogP contribution in [0.4, 0.5) is 23.1 Å². The average molecular weight is 562 g/mol. The van der Waals surface area contributed by atoms with E-state index in [1.807, 2.05) is 19.2 Å². The first-order valence-corrected chi connectivity index (χ1v) is 15.1. The molecule has 0 unspecified atom stereocenters. The van der Waals surface area contributed by atoms with Crippen molar-refractivity contribution in [2.45, 2.75) is 82.3 Å².